The van der Waals surface area contributed by atoms with E-state index in [1.807, 2.05) is 31.2 Å². The molecule has 1 amide bonds. The molecule has 2 fully saturated rings. The predicted octanol–water partition coefficient (Wildman–Crippen LogP) is 4.67. The molecule has 2 bridgehead atoms. The molecule has 5 heteroatoms. The van der Waals surface area contributed by atoms with Gasteiger partial charge in [0.25, 0.3) is 0 Å². The van der Waals surface area contributed by atoms with E-state index in [9.17, 15) is 9.90 Å². The lowest BCUT2D eigenvalue weighted by molar-refractivity contribution is -0.153. The maximum Gasteiger partial charge on any atom is 0.410 e. The van der Waals surface area contributed by atoms with Gasteiger partial charge in [-0.15, -0.1) is 0 Å². The number of rotatable bonds is 5. The maximum atomic E-state index is 12.3. The molecule has 0 heterocycles. The summed E-state index contributed by atoms with van der Waals surface area (Å²) in [5.41, 5.74) is 0.0504. The number of hydrogen-bond acceptors (Lipinski definition) is 2. The van der Waals surface area contributed by atoms with Crippen LogP contribution in [0.2, 0.25) is 0 Å². The molecule has 2 aliphatic rings. The second-order valence-corrected chi connectivity index (χ2v) is 7.88. The lowest BCUT2D eigenvalue weighted by atomic mass is 9.89. The molecular formula is C18H24INO3. The first-order chi connectivity index (χ1) is 11.0. The zero-order chi connectivity index (χ0) is 16.6. The minimum atomic E-state index is -0.904. The molecule has 4 nitrogen and oxygen atoms in total. The number of halogens is 1. The Labute approximate surface area is 151 Å². The largest absolute Gasteiger partial charge is 0.465 e. The molecule has 3 rings (SSSR count). The van der Waals surface area contributed by atoms with Crippen LogP contribution in [0, 0.1) is 15.4 Å². The van der Waals surface area contributed by atoms with Crippen LogP contribution in [0.4, 0.5) is 4.79 Å². The van der Waals surface area contributed by atoms with Gasteiger partial charge in [-0.1, -0.05) is 31.5 Å². The summed E-state index contributed by atoms with van der Waals surface area (Å²) in [4.78, 5) is 13.9. The number of amides is 1. The summed E-state index contributed by atoms with van der Waals surface area (Å²) in [6, 6.07) is 8.02. The molecule has 0 saturated heterocycles. The molecule has 0 spiro atoms. The molecule has 0 aromatic heterocycles. The normalized spacial score (nSPS) is 28.6. The summed E-state index contributed by atoms with van der Waals surface area (Å²) in [6.45, 7) is 2.01. The zero-order valence-electron chi connectivity index (χ0n) is 13.7. The van der Waals surface area contributed by atoms with Crippen LogP contribution in [0.1, 0.15) is 44.6 Å². The second kappa shape index (κ2) is 6.59. The highest BCUT2D eigenvalue weighted by atomic mass is 127. The Morgan fingerprint density at radius 3 is 2.61 bits per heavy atom. The SMILES string of the molecule is CCC(OC)(c1ccccc1I)N(C(=O)O)C1CC2CCC1C2. The molecular weight excluding hydrogens is 405 g/mol. The minimum absolute atomic E-state index is 0.0714. The molecule has 1 N–H and O–H groups in total. The van der Waals surface area contributed by atoms with E-state index >= 15 is 0 Å². The van der Waals surface area contributed by atoms with Gasteiger partial charge >= 0.3 is 6.09 Å². The van der Waals surface area contributed by atoms with Crippen LogP contribution in [0.5, 0.6) is 0 Å². The van der Waals surface area contributed by atoms with E-state index < -0.39 is 11.8 Å². The highest BCUT2D eigenvalue weighted by Crippen LogP contribution is 2.50. The molecule has 4 unspecified atom stereocenters. The topological polar surface area (TPSA) is 49.8 Å². The number of benzene rings is 1. The summed E-state index contributed by atoms with van der Waals surface area (Å²) < 4.78 is 6.98. The number of ether oxygens (including phenoxy) is 1. The van der Waals surface area contributed by atoms with Gasteiger partial charge in [0.15, 0.2) is 5.72 Å². The van der Waals surface area contributed by atoms with Crippen LogP contribution in [0.3, 0.4) is 0 Å². The van der Waals surface area contributed by atoms with E-state index in [0.29, 0.717) is 18.3 Å². The van der Waals surface area contributed by atoms with E-state index in [0.717, 1.165) is 22.0 Å². The fraction of sp³-hybridized carbons (Fsp3) is 0.611. The molecule has 2 aliphatic carbocycles. The van der Waals surface area contributed by atoms with Crippen molar-refractivity contribution in [2.45, 2.75) is 50.8 Å². The first kappa shape index (κ1) is 17.0. The van der Waals surface area contributed by atoms with Crippen molar-refractivity contribution in [3.8, 4) is 0 Å². The molecule has 126 valence electrons. The van der Waals surface area contributed by atoms with Crippen molar-refractivity contribution in [1.82, 2.24) is 4.90 Å². The average Bonchev–Trinajstić information content (AvgIpc) is 3.16. The Kier molecular flexibility index (Phi) is 4.88. The van der Waals surface area contributed by atoms with Gasteiger partial charge in [-0.25, -0.2) is 4.79 Å². The molecule has 0 radical (unpaired) electrons. The highest BCUT2D eigenvalue weighted by Gasteiger charge is 2.52. The lowest BCUT2D eigenvalue weighted by Gasteiger charge is -2.46. The van der Waals surface area contributed by atoms with Gasteiger partial charge in [0.1, 0.15) is 0 Å². The van der Waals surface area contributed by atoms with Gasteiger partial charge < -0.3 is 9.84 Å². The van der Waals surface area contributed by atoms with Crippen LogP contribution >= 0.6 is 22.6 Å². The quantitative estimate of drug-likeness (QED) is 0.547. The molecule has 23 heavy (non-hydrogen) atoms. The summed E-state index contributed by atoms with van der Waals surface area (Å²) in [5.74, 6) is 1.17. The third-order valence-corrected chi connectivity index (χ3v) is 6.68. The van der Waals surface area contributed by atoms with Crippen molar-refractivity contribution in [3.05, 3.63) is 33.4 Å². The van der Waals surface area contributed by atoms with Gasteiger partial charge in [0, 0.05) is 22.3 Å². The summed E-state index contributed by atoms with van der Waals surface area (Å²) in [7, 11) is 1.63. The van der Waals surface area contributed by atoms with Crippen molar-refractivity contribution in [2.75, 3.05) is 7.11 Å². The Morgan fingerprint density at radius 1 is 1.39 bits per heavy atom. The summed E-state index contributed by atoms with van der Waals surface area (Å²) in [5, 5.41) is 10.1. The third-order valence-electron chi connectivity index (χ3n) is 5.74. The van der Waals surface area contributed by atoms with Gasteiger partial charge in [-0.3, -0.25) is 4.90 Å². The summed E-state index contributed by atoms with van der Waals surface area (Å²) in [6.07, 6.45) is 4.28. The maximum absolute atomic E-state index is 12.3. The molecule has 0 aliphatic heterocycles. The lowest BCUT2D eigenvalue weighted by Crippen LogP contribution is -2.56. The van der Waals surface area contributed by atoms with Gasteiger partial charge in [-0.05, 0) is 66.2 Å². The number of methoxy groups -OCH3 is 1. The Hall–Kier alpha value is -0.820. The zero-order valence-corrected chi connectivity index (χ0v) is 15.8. The predicted molar refractivity (Wildman–Crippen MR) is 97.2 cm³/mol. The van der Waals surface area contributed by atoms with Gasteiger partial charge in [0.05, 0.1) is 0 Å². The van der Waals surface area contributed by atoms with Gasteiger partial charge in [0.2, 0.25) is 0 Å². The number of fused-ring (bicyclic) bond motifs is 2. The van der Waals surface area contributed by atoms with E-state index in [2.05, 4.69) is 22.6 Å². The summed E-state index contributed by atoms with van der Waals surface area (Å²) >= 11 is 2.28. The fourth-order valence-electron chi connectivity index (χ4n) is 4.71. The highest BCUT2D eigenvalue weighted by molar-refractivity contribution is 14.1. The smallest absolute Gasteiger partial charge is 0.410 e. The van der Waals surface area contributed by atoms with Crippen molar-refractivity contribution in [3.63, 3.8) is 0 Å². The molecule has 1 aromatic carbocycles. The standard InChI is InChI=1S/C18H24INO3/c1-3-18(23-2,14-6-4-5-7-15(14)19)20(17(21)22)16-11-12-8-9-13(16)10-12/h4-7,12-13,16H,3,8-11H2,1-2H3,(H,21,22). The first-order valence-electron chi connectivity index (χ1n) is 8.36. The monoisotopic (exact) mass is 429 g/mol. The van der Waals surface area contributed by atoms with Crippen molar-refractivity contribution in [2.24, 2.45) is 11.8 Å². The minimum Gasteiger partial charge on any atom is -0.465 e. The molecule has 2 saturated carbocycles. The molecule has 1 aromatic rings. The van der Waals surface area contributed by atoms with Crippen LogP contribution < -0.4 is 0 Å². The Bertz CT molecular complexity index is 587. The second-order valence-electron chi connectivity index (χ2n) is 6.72. The van der Waals surface area contributed by atoms with Gasteiger partial charge in [-0.2, -0.15) is 0 Å². The van der Waals surface area contributed by atoms with Crippen molar-refractivity contribution >= 4 is 28.7 Å². The number of nitrogens with zero attached hydrogens (tertiary/aromatic N) is 1. The third kappa shape index (κ3) is 2.76. The van der Waals surface area contributed by atoms with Crippen LogP contribution in [-0.2, 0) is 10.5 Å². The fourth-order valence-corrected chi connectivity index (χ4v) is 5.52. The van der Waals surface area contributed by atoms with Crippen LogP contribution in [0.15, 0.2) is 24.3 Å². The van der Waals surface area contributed by atoms with E-state index in [1.54, 1.807) is 12.0 Å². The first-order valence-corrected chi connectivity index (χ1v) is 9.43. The average molecular weight is 429 g/mol. The number of carboxylic acid groups (broad SMARTS) is 1. The van der Waals surface area contributed by atoms with E-state index in [1.165, 1.54) is 12.8 Å². The van der Waals surface area contributed by atoms with E-state index in [4.69, 9.17) is 4.74 Å². The Balaban J connectivity index is 2.06. The molecule has 4 atom stereocenters. The van der Waals surface area contributed by atoms with Crippen LogP contribution in [0.25, 0.3) is 0 Å². The van der Waals surface area contributed by atoms with E-state index in [-0.39, 0.29) is 6.04 Å². The number of carbonyl (C=O) groups is 1. The Morgan fingerprint density at radius 2 is 2.13 bits per heavy atom. The van der Waals surface area contributed by atoms with Crippen molar-refractivity contribution in [1.29, 1.82) is 0 Å². The van der Waals surface area contributed by atoms with Crippen molar-refractivity contribution < 1.29 is 14.6 Å². The van der Waals surface area contributed by atoms with Crippen LogP contribution in [-0.4, -0.2) is 29.3 Å². The number of hydrogen-bond donors (Lipinski definition) is 1.